The number of nitrogens with one attached hydrogen (secondary N) is 1. The number of anilines is 2. The van der Waals surface area contributed by atoms with E-state index in [1.54, 1.807) is 6.07 Å². The third-order valence-electron chi connectivity index (χ3n) is 4.53. The van der Waals surface area contributed by atoms with E-state index in [4.69, 9.17) is 9.26 Å². The zero-order valence-electron chi connectivity index (χ0n) is 14.4. The van der Waals surface area contributed by atoms with Crippen LogP contribution in [0.1, 0.15) is 46.4 Å². The molecule has 25 heavy (non-hydrogen) atoms. The summed E-state index contributed by atoms with van der Waals surface area (Å²) < 4.78 is 10.6. The van der Waals surface area contributed by atoms with Gasteiger partial charge in [0.2, 0.25) is 5.95 Å². The van der Waals surface area contributed by atoms with Gasteiger partial charge in [-0.1, -0.05) is 5.16 Å². The van der Waals surface area contributed by atoms with Crippen LogP contribution in [-0.2, 0) is 4.74 Å². The molecule has 1 N–H and O–H groups in total. The van der Waals surface area contributed by atoms with Crippen LogP contribution in [0.4, 0.5) is 11.6 Å². The van der Waals surface area contributed by atoms with Crippen molar-refractivity contribution < 1.29 is 14.1 Å². The summed E-state index contributed by atoms with van der Waals surface area (Å²) >= 11 is 0. The first-order valence-corrected chi connectivity index (χ1v) is 8.57. The van der Waals surface area contributed by atoms with Crippen LogP contribution in [0.2, 0.25) is 0 Å². The zero-order chi connectivity index (χ0) is 17.4. The molecule has 1 aliphatic heterocycles. The average Bonchev–Trinajstić information content (AvgIpc) is 3.35. The van der Waals surface area contributed by atoms with Gasteiger partial charge >= 0.3 is 0 Å². The highest BCUT2D eigenvalue weighted by Crippen LogP contribution is 2.40. The van der Waals surface area contributed by atoms with Crippen molar-refractivity contribution >= 4 is 17.5 Å². The number of morpholine rings is 1. The quantitative estimate of drug-likeness (QED) is 0.908. The Hall–Kier alpha value is -2.48. The van der Waals surface area contributed by atoms with Crippen molar-refractivity contribution in [2.45, 2.75) is 32.6 Å². The van der Waals surface area contributed by atoms with Crippen LogP contribution in [0, 0.1) is 13.8 Å². The first-order chi connectivity index (χ1) is 12.1. The van der Waals surface area contributed by atoms with Crippen molar-refractivity contribution in [1.82, 2.24) is 15.1 Å². The van der Waals surface area contributed by atoms with E-state index in [1.807, 2.05) is 13.8 Å². The molecule has 3 heterocycles. The van der Waals surface area contributed by atoms with E-state index in [9.17, 15) is 4.79 Å². The van der Waals surface area contributed by atoms with Crippen molar-refractivity contribution in [2.75, 3.05) is 36.5 Å². The number of carbonyl (C=O) groups excluding carboxylic acids is 1. The maximum atomic E-state index is 12.4. The summed E-state index contributed by atoms with van der Waals surface area (Å²) in [7, 11) is 0. The molecule has 1 saturated heterocycles. The summed E-state index contributed by atoms with van der Waals surface area (Å²) in [6, 6.07) is 1.72. The first kappa shape index (κ1) is 16.0. The van der Waals surface area contributed by atoms with Crippen LogP contribution in [-0.4, -0.2) is 47.3 Å². The molecule has 132 valence electrons. The highest BCUT2D eigenvalue weighted by Gasteiger charge is 2.29. The standard InChI is InChI=1S/C17H21N5O3/c1-10-15(11(2)19-17(18-10)22-5-7-24-8-6-22)20-16(23)13-9-14(25-21-13)12-3-4-12/h9,12H,3-8H2,1-2H3,(H,20,23). The van der Waals surface area contributed by atoms with E-state index in [1.165, 1.54) is 0 Å². The Bertz CT molecular complexity index is 770. The van der Waals surface area contributed by atoms with Gasteiger partial charge in [-0.05, 0) is 26.7 Å². The molecule has 1 saturated carbocycles. The summed E-state index contributed by atoms with van der Waals surface area (Å²) in [4.78, 5) is 23.6. The van der Waals surface area contributed by atoms with E-state index in [2.05, 4.69) is 25.3 Å². The van der Waals surface area contributed by atoms with Gasteiger partial charge in [0.25, 0.3) is 5.91 Å². The minimum absolute atomic E-state index is 0.290. The maximum Gasteiger partial charge on any atom is 0.277 e. The van der Waals surface area contributed by atoms with Gasteiger partial charge < -0.3 is 19.5 Å². The van der Waals surface area contributed by atoms with Gasteiger partial charge in [-0.2, -0.15) is 0 Å². The molecule has 1 amide bonds. The number of aromatic nitrogens is 3. The van der Waals surface area contributed by atoms with E-state index >= 15 is 0 Å². The molecular formula is C17H21N5O3. The molecule has 2 aromatic rings. The predicted molar refractivity (Wildman–Crippen MR) is 91.0 cm³/mol. The molecule has 2 aliphatic rings. The Morgan fingerprint density at radius 1 is 1.20 bits per heavy atom. The van der Waals surface area contributed by atoms with Crippen molar-refractivity contribution in [1.29, 1.82) is 0 Å². The van der Waals surface area contributed by atoms with Crippen LogP contribution in [0.3, 0.4) is 0 Å². The van der Waals surface area contributed by atoms with Gasteiger partial charge in [0, 0.05) is 25.1 Å². The summed E-state index contributed by atoms with van der Waals surface area (Å²) in [6.07, 6.45) is 2.20. The van der Waals surface area contributed by atoms with Crippen molar-refractivity contribution in [2.24, 2.45) is 0 Å². The second kappa shape index (κ2) is 6.44. The van der Waals surface area contributed by atoms with E-state index in [0.717, 1.165) is 43.1 Å². The number of carbonyl (C=O) groups is 1. The van der Waals surface area contributed by atoms with E-state index in [0.29, 0.717) is 30.8 Å². The SMILES string of the molecule is Cc1nc(N2CCOCC2)nc(C)c1NC(=O)c1cc(C2CC2)on1. The van der Waals surface area contributed by atoms with Crippen LogP contribution >= 0.6 is 0 Å². The predicted octanol–water partition coefficient (Wildman–Crippen LogP) is 2.05. The smallest absolute Gasteiger partial charge is 0.277 e. The van der Waals surface area contributed by atoms with Gasteiger partial charge in [0.05, 0.1) is 30.3 Å². The molecule has 0 spiro atoms. The number of nitrogens with zero attached hydrogens (tertiary/aromatic N) is 4. The summed E-state index contributed by atoms with van der Waals surface area (Å²) in [5.74, 6) is 1.59. The molecule has 0 aromatic carbocycles. The van der Waals surface area contributed by atoms with Crippen LogP contribution < -0.4 is 10.2 Å². The zero-order valence-corrected chi connectivity index (χ0v) is 14.4. The highest BCUT2D eigenvalue weighted by molar-refractivity contribution is 6.03. The van der Waals surface area contributed by atoms with Gasteiger partial charge in [0.15, 0.2) is 5.69 Å². The fraction of sp³-hybridized carbons (Fsp3) is 0.529. The van der Waals surface area contributed by atoms with Crippen molar-refractivity contribution in [3.8, 4) is 0 Å². The highest BCUT2D eigenvalue weighted by atomic mass is 16.5. The third-order valence-corrected chi connectivity index (χ3v) is 4.53. The fourth-order valence-electron chi connectivity index (χ4n) is 2.92. The lowest BCUT2D eigenvalue weighted by atomic mass is 10.2. The molecule has 4 rings (SSSR count). The Morgan fingerprint density at radius 2 is 1.88 bits per heavy atom. The topological polar surface area (TPSA) is 93.4 Å². The summed E-state index contributed by atoms with van der Waals surface area (Å²) in [5, 5.41) is 6.74. The number of hydrogen-bond donors (Lipinski definition) is 1. The lowest BCUT2D eigenvalue weighted by Crippen LogP contribution is -2.37. The largest absolute Gasteiger partial charge is 0.378 e. The lowest BCUT2D eigenvalue weighted by molar-refractivity contribution is 0.101. The van der Waals surface area contributed by atoms with Crippen LogP contribution in [0.25, 0.3) is 0 Å². The normalized spacial score (nSPS) is 17.6. The van der Waals surface area contributed by atoms with Crippen molar-refractivity contribution in [3.63, 3.8) is 0 Å². The number of aryl methyl sites for hydroxylation is 2. The van der Waals surface area contributed by atoms with Crippen LogP contribution in [0.5, 0.6) is 0 Å². The summed E-state index contributed by atoms with van der Waals surface area (Å²) in [6.45, 7) is 6.63. The molecule has 0 unspecified atom stereocenters. The molecular weight excluding hydrogens is 322 g/mol. The van der Waals surface area contributed by atoms with Crippen LogP contribution in [0.15, 0.2) is 10.6 Å². The second-order valence-electron chi connectivity index (χ2n) is 6.51. The molecule has 8 nitrogen and oxygen atoms in total. The Balaban J connectivity index is 1.51. The average molecular weight is 343 g/mol. The number of rotatable bonds is 4. The van der Waals surface area contributed by atoms with Gasteiger partial charge in [0.1, 0.15) is 5.76 Å². The van der Waals surface area contributed by atoms with Gasteiger partial charge in [-0.3, -0.25) is 4.79 Å². The molecule has 0 radical (unpaired) electrons. The number of hydrogen-bond acceptors (Lipinski definition) is 7. The lowest BCUT2D eigenvalue weighted by Gasteiger charge is -2.27. The molecule has 0 bridgehead atoms. The Morgan fingerprint density at radius 3 is 2.52 bits per heavy atom. The second-order valence-corrected chi connectivity index (χ2v) is 6.51. The monoisotopic (exact) mass is 343 g/mol. The number of amides is 1. The Kier molecular flexibility index (Phi) is 4.12. The molecule has 2 fully saturated rings. The minimum atomic E-state index is -0.301. The van der Waals surface area contributed by atoms with Gasteiger partial charge in [-0.15, -0.1) is 0 Å². The third kappa shape index (κ3) is 3.34. The fourth-order valence-corrected chi connectivity index (χ4v) is 2.92. The molecule has 2 aromatic heterocycles. The maximum absolute atomic E-state index is 12.4. The van der Waals surface area contributed by atoms with E-state index < -0.39 is 0 Å². The van der Waals surface area contributed by atoms with E-state index in [-0.39, 0.29) is 11.6 Å². The molecule has 8 heteroatoms. The number of ether oxygens (including phenoxy) is 1. The Labute approximate surface area is 145 Å². The summed E-state index contributed by atoms with van der Waals surface area (Å²) in [5.41, 5.74) is 2.37. The van der Waals surface area contributed by atoms with Crippen molar-refractivity contribution in [3.05, 3.63) is 28.9 Å². The first-order valence-electron chi connectivity index (χ1n) is 8.57. The molecule has 1 aliphatic carbocycles. The minimum Gasteiger partial charge on any atom is -0.378 e. The molecule has 0 atom stereocenters. The van der Waals surface area contributed by atoms with Gasteiger partial charge in [-0.25, -0.2) is 9.97 Å².